The fourth-order valence-corrected chi connectivity index (χ4v) is 2.22. The predicted octanol–water partition coefficient (Wildman–Crippen LogP) is 2.90. The molecule has 0 aliphatic rings. The first-order chi connectivity index (χ1) is 9.30. The Morgan fingerprint density at radius 3 is 2.89 bits per heavy atom. The second-order valence-corrected chi connectivity index (χ2v) is 4.44. The second-order valence-electron chi connectivity index (χ2n) is 4.44. The average molecular weight is 257 g/mol. The van der Waals surface area contributed by atoms with Crippen LogP contribution in [0, 0.1) is 11.3 Å². The Morgan fingerprint density at radius 1 is 1.37 bits per heavy atom. The zero-order valence-electron chi connectivity index (χ0n) is 11.5. The second kappa shape index (κ2) is 6.35. The van der Waals surface area contributed by atoms with Crippen LogP contribution in [-0.2, 0) is 17.7 Å². The normalized spacial score (nSPS) is 10.8. The molecule has 0 unspecified atom stereocenters. The van der Waals surface area contributed by atoms with Crippen molar-refractivity contribution in [3.63, 3.8) is 0 Å². The van der Waals surface area contributed by atoms with Gasteiger partial charge in [-0.3, -0.25) is 0 Å². The number of aromatic nitrogens is 2. The van der Waals surface area contributed by atoms with Crippen molar-refractivity contribution in [1.82, 2.24) is 9.55 Å². The lowest BCUT2D eigenvalue weighted by atomic mass is 10.2. The van der Waals surface area contributed by atoms with E-state index in [9.17, 15) is 0 Å². The molecular formula is C15H19N3O. The summed E-state index contributed by atoms with van der Waals surface area (Å²) in [5, 5.41) is 8.95. The van der Waals surface area contributed by atoms with Crippen LogP contribution in [0.1, 0.15) is 31.7 Å². The molecule has 1 aromatic carbocycles. The number of nitriles is 1. The van der Waals surface area contributed by atoms with Gasteiger partial charge in [0.05, 0.1) is 29.3 Å². The minimum Gasteiger partial charge on any atom is -0.381 e. The van der Waals surface area contributed by atoms with Gasteiger partial charge in [-0.15, -0.1) is 0 Å². The van der Waals surface area contributed by atoms with Crippen LogP contribution in [0.5, 0.6) is 0 Å². The highest BCUT2D eigenvalue weighted by molar-refractivity contribution is 5.77. The third kappa shape index (κ3) is 2.94. The van der Waals surface area contributed by atoms with Crippen molar-refractivity contribution in [3.05, 3.63) is 29.6 Å². The SMILES string of the molecule is CCCn1c(CCOCC)nc2cc(C#N)ccc21. The molecule has 2 aromatic rings. The van der Waals surface area contributed by atoms with Crippen LogP contribution < -0.4 is 0 Å². The zero-order valence-corrected chi connectivity index (χ0v) is 11.5. The van der Waals surface area contributed by atoms with Crippen LogP contribution in [0.3, 0.4) is 0 Å². The Bertz CT molecular complexity index is 595. The van der Waals surface area contributed by atoms with E-state index < -0.39 is 0 Å². The first kappa shape index (κ1) is 13.6. The number of nitrogens with zero attached hydrogens (tertiary/aromatic N) is 3. The summed E-state index contributed by atoms with van der Waals surface area (Å²) in [7, 11) is 0. The molecule has 19 heavy (non-hydrogen) atoms. The van der Waals surface area contributed by atoms with Crippen molar-refractivity contribution in [3.8, 4) is 6.07 Å². The molecule has 1 heterocycles. The molecule has 0 amide bonds. The molecule has 0 aliphatic carbocycles. The van der Waals surface area contributed by atoms with Crippen LogP contribution in [-0.4, -0.2) is 22.8 Å². The molecule has 2 rings (SSSR count). The van der Waals surface area contributed by atoms with Crippen LogP contribution in [0.2, 0.25) is 0 Å². The molecule has 4 heteroatoms. The van der Waals surface area contributed by atoms with E-state index in [4.69, 9.17) is 10.00 Å². The van der Waals surface area contributed by atoms with Crippen molar-refractivity contribution in [2.24, 2.45) is 0 Å². The Labute approximate surface area is 113 Å². The van der Waals surface area contributed by atoms with Crippen molar-refractivity contribution in [2.75, 3.05) is 13.2 Å². The van der Waals surface area contributed by atoms with E-state index in [-0.39, 0.29) is 0 Å². The van der Waals surface area contributed by atoms with Gasteiger partial charge in [0.15, 0.2) is 0 Å². The lowest BCUT2D eigenvalue weighted by Crippen LogP contribution is -2.07. The fourth-order valence-electron chi connectivity index (χ4n) is 2.22. The summed E-state index contributed by atoms with van der Waals surface area (Å²) >= 11 is 0. The molecule has 0 aliphatic heterocycles. The van der Waals surface area contributed by atoms with E-state index in [2.05, 4.69) is 22.5 Å². The zero-order chi connectivity index (χ0) is 13.7. The maximum atomic E-state index is 8.95. The Morgan fingerprint density at radius 2 is 2.21 bits per heavy atom. The number of hydrogen-bond donors (Lipinski definition) is 0. The number of benzene rings is 1. The lowest BCUT2D eigenvalue weighted by molar-refractivity contribution is 0.149. The van der Waals surface area contributed by atoms with Gasteiger partial charge in [-0.1, -0.05) is 6.92 Å². The number of aryl methyl sites for hydroxylation is 1. The Balaban J connectivity index is 2.38. The summed E-state index contributed by atoms with van der Waals surface area (Å²) in [5.41, 5.74) is 2.66. The summed E-state index contributed by atoms with van der Waals surface area (Å²) in [6.07, 6.45) is 1.87. The summed E-state index contributed by atoms with van der Waals surface area (Å²) in [4.78, 5) is 4.64. The van der Waals surface area contributed by atoms with Crippen LogP contribution >= 0.6 is 0 Å². The van der Waals surface area contributed by atoms with Crippen molar-refractivity contribution >= 4 is 11.0 Å². The highest BCUT2D eigenvalue weighted by Gasteiger charge is 2.10. The van der Waals surface area contributed by atoms with E-state index in [0.717, 1.165) is 42.9 Å². The molecule has 100 valence electrons. The minimum absolute atomic E-state index is 0.657. The molecule has 0 atom stereocenters. The van der Waals surface area contributed by atoms with Gasteiger partial charge in [0.25, 0.3) is 0 Å². The van der Waals surface area contributed by atoms with E-state index in [1.165, 1.54) is 0 Å². The lowest BCUT2D eigenvalue weighted by Gasteiger charge is -2.07. The average Bonchev–Trinajstić information content (AvgIpc) is 2.77. The summed E-state index contributed by atoms with van der Waals surface area (Å²) in [6, 6.07) is 7.85. The van der Waals surface area contributed by atoms with E-state index >= 15 is 0 Å². The van der Waals surface area contributed by atoms with Gasteiger partial charge in [0.1, 0.15) is 5.82 Å². The Kier molecular flexibility index (Phi) is 4.53. The third-order valence-corrected chi connectivity index (χ3v) is 3.08. The molecule has 0 saturated heterocycles. The predicted molar refractivity (Wildman–Crippen MR) is 74.9 cm³/mol. The van der Waals surface area contributed by atoms with Crippen molar-refractivity contribution in [1.29, 1.82) is 5.26 Å². The summed E-state index contributed by atoms with van der Waals surface area (Å²) < 4.78 is 7.64. The topological polar surface area (TPSA) is 50.8 Å². The fraction of sp³-hybridized carbons (Fsp3) is 0.467. The van der Waals surface area contributed by atoms with Gasteiger partial charge in [0, 0.05) is 19.6 Å². The van der Waals surface area contributed by atoms with Gasteiger partial charge in [-0.25, -0.2) is 4.98 Å². The molecule has 1 aromatic heterocycles. The third-order valence-electron chi connectivity index (χ3n) is 3.08. The Hall–Kier alpha value is -1.86. The van der Waals surface area contributed by atoms with Gasteiger partial charge in [-0.2, -0.15) is 5.26 Å². The molecule has 0 radical (unpaired) electrons. The standard InChI is InChI=1S/C15H19N3O/c1-3-8-18-14-6-5-12(11-16)10-13(14)17-15(18)7-9-19-4-2/h5-6,10H,3-4,7-9H2,1-2H3. The van der Waals surface area contributed by atoms with Gasteiger partial charge in [0.2, 0.25) is 0 Å². The monoisotopic (exact) mass is 257 g/mol. The molecule has 0 N–H and O–H groups in total. The maximum Gasteiger partial charge on any atom is 0.112 e. The number of imidazole rings is 1. The molecule has 4 nitrogen and oxygen atoms in total. The van der Waals surface area contributed by atoms with E-state index in [0.29, 0.717) is 12.2 Å². The van der Waals surface area contributed by atoms with Crippen LogP contribution in [0.4, 0.5) is 0 Å². The molecule has 0 spiro atoms. The quantitative estimate of drug-likeness (QED) is 0.748. The smallest absolute Gasteiger partial charge is 0.112 e. The maximum absolute atomic E-state index is 8.95. The van der Waals surface area contributed by atoms with Gasteiger partial charge < -0.3 is 9.30 Å². The highest BCUT2D eigenvalue weighted by Crippen LogP contribution is 2.19. The van der Waals surface area contributed by atoms with Crippen molar-refractivity contribution < 1.29 is 4.74 Å². The number of hydrogen-bond acceptors (Lipinski definition) is 3. The summed E-state index contributed by atoms with van der Waals surface area (Å²) in [6.45, 7) is 6.51. The first-order valence-corrected chi connectivity index (χ1v) is 6.77. The van der Waals surface area contributed by atoms with Crippen molar-refractivity contribution in [2.45, 2.75) is 33.2 Å². The largest absolute Gasteiger partial charge is 0.381 e. The molecular weight excluding hydrogens is 238 g/mol. The minimum atomic E-state index is 0.657. The van der Waals surface area contributed by atoms with Crippen LogP contribution in [0.25, 0.3) is 11.0 Å². The molecule has 0 bridgehead atoms. The number of rotatable bonds is 6. The molecule has 0 saturated carbocycles. The first-order valence-electron chi connectivity index (χ1n) is 6.77. The van der Waals surface area contributed by atoms with Gasteiger partial charge >= 0.3 is 0 Å². The molecule has 0 fully saturated rings. The van der Waals surface area contributed by atoms with Gasteiger partial charge in [-0.05, 0) is 31.5 Å². The number of fused-ring (bicyclic) bond motifs is 1. The summed E-state index contributed by atoms with van der Waals surface area (Å²) in [5.74, 6) is 1.04. The van der Waals surface area contributed by atoms with Crippen LogP contribution in [0.15, 0.2) is 18.2 Å². The highest BCUT2D eigenvalue weighted by atomic mass is 16.5. The number of ether oxygens (including phenoxy) is 1. The van der Waals surface area contributed by atoms with E-state index in [1.807, 2.05) is 25.1 Å². The van der Waals surface area contributed by atoms with E-state index in [1.54, 1.807) is 0 Å².